The van der Waals surface area contributed by atoms with E-state index in [-0.39, 0.29) is 5.54 Å². The standard InChI is InChI=1S/C17H25NO/c1-3-12-17(13-6-4-5-7-14-17)18-15-8-10-16(19-2)11-9-15/h3,8-11,18H,1,4-7,12-14H2,2H3. The van der Waals surface area contributed by atoms with Crippen molar-refractivity contribution in [2.45, 2.75) is 50.5 Å². The van der Waals surface area contributed by atoms with Gasteiger partial charge in [-0.05, 0) is 43.5 Å². The molecule has 0 heterocycles. The van der Waals surface area contributed by atoms with Gasteiger partial charge in [-0.1, -0.05) is 31.8 Å². The zero-order valence-corrected chi connectivity index (χ0v) is 12.0. The van der Waals surface area contributed by atoms with E-state index in [1.165, 1.54) is 44.2 Å². The van der Waals surface area contributed by atoms with E-state index in [1.54, 1.807) is 7.11 Å². The van der Waals surface area contributed by atoms with E-state index in [2.05, 4.69) is 30.1 Å². The van der Waals surface area contributed by atoms with Gasteiger partial charge in [-0.25, -0.2) is 0 Å². The van der Waals surface area contributed by atoms with Gasteiger partial charge < -0.3 is 10.1 Å². The molecule has 1 aromatic carbocycles. The summed E-state index contributed by atoms with van der Waals surface area (Å²) in [6.07, 6.45) is 10.9. The lowest BCUT2D eigenvalue weighted by Gasteiger charge is -2.34. The maximum Gasteiger partial charge on any atom is 0.119 e. The van der Waals surface area contributed by atoms with Crippen LogP contribution in [0.2, 0.25) is 0 Å². The van der Waals surface area contributed by atoms with E-state index in [9.17, 15) is 0 Å². The SMILES string of the molecule is C=CCC1(Nc2ccc(OC)cc2)CCCCCC1. The minimum atomic E-state index is 0.201. The van der Waals surface area contributed by atoms with Gasteiger partial charge in [0.1, 0.15) is 5.75 Å². The monoisotopic (exact) mass is 259 g/mol. The number of ether oxygens (including phenoxy) is 1. The average Bonchev–Trinajstić information content (AvgIpc) is 2.66. The van der Waals surface area contributed by atoms with E-state index in [1.807, 2.05) is 12.1 Å². The van der Waals surface area contributed by atoms with Crippen molar-refractivity contribution in [3.8, 4) is 5.75 Å². The first-order chi connectivity index (χ1) is 9.28. The summed E-state index contributed by atoms with van der Waals surface area (Å²) in [5, 5.41) is 3.76. The number of rotatable bonds is 5. The second-order valence-electron chi connectivity index (χ2n) is 5.54. The zero-order chi connectivity index (χ0) is 13.6. The highest BCUT2D eigenvalue weighted by Crippen LogP contribution is 2.34. The average molecular weight is 259 g/mol. The Morgan fingerprint density at radius 2 is 1.79 bits per heavy atom. The molecule has 0 saturated heterocycles. The van der Waals surface area contributed by atoms with Gasteiger partial charge in [-0.15, -0.1) is 6.58 Å². The normalized spacial score (nSPS) is 18.4. The molecule has 1 aromatic rings. The first kappa shape index (κ1) is 14.0. The molecule has 0 amide bonds. The second kappa shape index (κ2) is 6.65. The molecule has 2 nitrogen and oxygen atoms in total. The van der Waals surface area contributed by atoms with Gasteiger partial charge in [0.25, 0.3) is 0 Å². The fourth-order valence-corrected chi connectivity index (χ4v) is 3.04. The van der Waals surface area contributed by atoms with Crippen LogP contribution >= 0.6 is 0 Å². The van der Waals surface area contributed by atoms with Crippen molar-refractivity contribution in [2.24, 2.45) is 0 Å². The fraction of sp³-hybridized carbons (Fsp3) is 0.529. The molecule has 104 valence electrons. The second-order valence-corrected chi connectivity index (χ2v) is 5.54. The Kier molecular flexibility index (Phi) is 4.89. The Morgan fingerprint density at radius 3 is 2.32 bits per heavy atom. The summed E-state index contributed by atoms with van der Waals surface area (Å²) < 4.78 is 5.21. The van der Waals surface area contributed by atoms with Crippen molar-refractivity contribution >= 4 is 5.69 Å². The molecule has 0 aromatic heterocycles. The summed E-state index contributed by atoms with van der Waals surface area (Å²) in [6.45, 7) is 3.94. The molecule has 0 radical (unpaired) electrons. The minimum absolute atomic E-state index is 0.201. The Bertz CT molecular complexity index is 388. The third kappa shape index (κ3) is 3.76. The largest absolute Gasteiger partial charge is 0.497 e. The van der Waals surface area contributed by atoms with Crippen LogP contribution in [0.1, 0.15) is 44.9 Å². The Hall–Kier alpha value is -1.44. The number of hydrogen-bond acceptors (Lipinski definition) is 2. The molecule has 2 rings (SSSR count). The molecule has 2 heteroatoms. The maximum atomic E-state index is 5.21. The van der Waals surface area contributed by atoms with Gasteiger partial charge in [0.15, 0.2) is 0 Å². The van der Waals surface area contributed by atoms with Gasteiger partial charge in [-0.3, -0.25) is 0 Å². The van der Waals surface area contributed by atoms with Crippen LogP contribution < -0.4 is 10.1 Å². The summed E-state index contributed by atoms with van der Waals surface area (Å²) in [6, 6.07) is 8.24. The maximum absolute atomic E-state index is 5.21. The van der Waals surface area contributed by atoms with Crippen LogP contribution in [-0.4, -0.2) is 12.6 Å². The molecule has 0 atom stereocenters. The Labute approximate surface area is 116 Å². The lowest BCUT2D eigenvalue weighted by molar-refractivity contribution is 0.410. The fourth-order valence-electron chi connectivity index (χ4n) is 3.04. The molecule has 0 aliphatic heterocycles. The van der Waals surface area contributed by atoms with Crippen molar-refractivity contribution in [1.29, 1.82) is 0 Å². The van der Waals surface area contributed by atoms with Crippen LogP contribution in [0.4, 0.5) is 5.69 Å². The quantitative estimate of drug-likeness (QED) is 0.607. The van der Waals surface area contributed by atoms with E-state index < -0.39 is 0 Å². The van der Waals surface area contributed by atoms with E-state index in [0.717, 1.165) is 12.2 Å². The molecule has 1 aliphatic rings. The van der Waals surface area contributed by atoms with Gasteiger partial charge in [0.2, 0.25) is 0 Å². The van der Waals surface area contributed by atoms with E-state index >= 15 is 0 Å². The summed E-state index contributed by atoms with van der Waals surface area (Å²) in [5.74, 6) is 0.907. The molecule has 1 N–H and O–H groups in total. The van der Waals surface area contributed by atoms with Crippen LogP contribution in [0.25, 0.3) is 0 Å². The molecular weight excluding hydrogens is 234 g/mol. The van der Waals surface area contributed by atoms with Crippen LogP contribution in [-0.2, 0) is 0 Å². The molecule has 1 aliphatic carbocycles. The molecule has 0 bridgehead atoms. The Morgan fingerprint density at radius 1 is 1.16 bits per heavy atom. The molecule has 1 fully saturated rings. The van der Waals surface area contributed by atoms with Crippen LogP contribution in [0, 0.1) is 0 Å². The number of benzene rings is 1. The van der Waals surface area contributed by atoms with Crippen molar-refractivity contribution in [2.75, 3.05) is 12.4 Å². The summed E-state index contributed by atoms with van der Waals surface area (Å²) in [7, 11) is 1.70. The van der Waals surface area contributed by atoms with Crippen molar-refractivity contribution in [3.05, 3.63) is 36.9 Å². The predicted molar refractivity (Wildman–Crippen MR) is 81.9 cm³/mol. The van der Waals surface area contributed by atoms with Crippen molar-refractivity contribution < 1.29 is 4.74 Å². The summed E-state index contributed by atoms with van der Waals surface area (Å²) in [4.78, 5) is 0. The smallest absolute Gasteiger partial charge is 0.119 e. The van der Waals surface area contributed by atoms with Gasteiger partial charge >= 0.3 is 0 Å². The van der Waals surface area contributed by atoms with Crippen LogP contribution in [0.5, 0.6) is 5.75 Å². The number of anilines is 1. The highest BCUT2D eigenvalue weighted by atomic mass is 16.5. The van der Waals surface area contributed by atoms with Crippen molar-refractivity contribution in [3.63, 3.8) is 0 Å². The molecular formula is C17H25NO. The van der Waals surface area contributed by atoms with Gasteiger partial charge in [0, 0.05) is 11.2 Å². The third-order valence-corrected chi connectivity index (χ3v) is 4.10. The number of methoxy groups -OCH3 is 1. The van der Waals surface area contributed by atoms with Gasteiger partial charge in [0.05, 0.1) is 7.11 Å². The minimum Gasteiger partial charge on any atom is -0.497 e. The molecule has 0 spiro atoms. The first-order valence-electron chi connectivity index (χ1n) is 7.31. The molecule has 19 heavy (non-hydrogen) atoms. The third-order valence-electron chi connectivity index (χ3n) is 4.10. The first-order valence-corrected chi connectivity index (χ1v) is 7.31. The van der Waals surface area contributed by atoms with E-state index in [4.69, 9.17) is 4.74 Å². The molecule has 0 unspecified atom stereocenters. The lowest BCUT2D eigenvalue weighted by Crippen LogP contribution is -2.37. The summed E-state index contributed by atoms with van der Waals surface area (Å²) >= 11 is 0. The highest BCUT2D eigenvalue weighted by molar-refractivity contribution is 5.48. The van der Waals surface area contributed by atoms with E-state index in [0.29, 0.717) is 0 Å². The number of nitrogens with one attached hydrogen (secondary N) is 1. The predicted octanol–water partition coefficient (Wildman–Crippen LogP) is 4.78. The Balaban J connectivity index is 2.11. The van der Waals surface area contributed by atoms with Gasteiger partial charge in [-0.2, -0.15) is 0 Å². The zero-order valence-electron chi connectivity index (χ0n) is 12.0. The lowest BCUT2D eigenvalue weighted by atomic mass is 9.86. The summed E-state index contributed by atoms with van der Waals surface area (Å²) in [5.41, 5.74) is 1.39. The topological polar surface area (TPSA) is 21.3 Å². The van der Waals surface area contributed by atoms with Crippen molar-refractivity contribution in [1.82, 2.24) is 0 Å². The van der Waals surface area contributed by atoms with Crippen LogP contribution in [0.3, 0.4) is 0 Å². The van der Waals surface area contributed by atoms with Crippen LogP contribution in [0.15, 0.2) is 36.9 Å². The highest BCUT2D eigenvalue weighted by Gasteiger charge is 2.29. The molecule has 1 saturated carbocycles. The number of hydrogen-bond donors (Lipinski definition) is 1.